The van der Waals surface area contributed by atoms with Gasteiger partial charge in [-0.15, -0.1) is 0 Å². The molecule has 0 radical (unpaired) electrons. The fraction of sp³-hybridized carbons (Fsp3) is 0.500. The van der Waals surface area contributed by atoms with Crippen molar-refractivity contribution in [2.45, 2.75) is 20.3 Å². The minimum atomic E-state index is -0.355. The first-order chi connectivity index (χ1) is 7.99. The number of Topliss-reactive ketones (excluding diaryl/α,β-unsaturated/α-hetero) is 1. The second-order valence-corrected chi connectivity index (χ2v) is 4.84. The van der Waals surface area contributed by atoms with Crippen molar-refractivity contribution in [2.24, 2.45) is 5.92 Å². The summed E-state index contributed by atoms with van der Waals surface area (Å²) >= 11 is 0. The molecule has 0 bridgehead atoms. The van der Waals surface area contributed by atoms with Crippen molar-refractivity contribution in [3.05, 3.63) is 35.6 Å². The van der Waals surface area contributed by atoms with Crippen LogP contribution in [-0.4, -0.2) is 30.8 Å². The molecule has 0 saturated carbocycles. The summed E-state index contributed by atoms with van der Waals surface area (Å²) < 4.78 is 12.9. The van der Waals surface area contributed by atoms with E-state index in [4.69, 9.17) is 0 Å². The lowest BCUT2D eigenvalue weighted by Crippen LogP contribution is -2.25. The maximum atomic E-state index is 12.9. The second-order valence-electron chi connectivity index (χ2n) is 4.84. The van der Waals surface area contributed by atoms with Crippen LogP contribution in [0.2, 0.25) is 0 Å². The van der Waals surface area contributed by atoms with Gasteiger partial charge in [0.25, 0.3) is 0 Å². The first-order valence-electron chi connectivity index (χ1n) is 5.96. The quantitative estimate of drug-likeness (QED) is 0.709. The number of halogens is 1. The molecule has 0 N–H and O–H groups in total. The largest absolute Gasteiger partial charge is 0.306 e. The predicted molar refractivity (Wildman–Crippen MR) is 67.7 cm³/mol. The van der Waals surface area contributed by atoms with Gasteiger partial charge >= 0.3 is 0 Å². The van der Waals surface area contributed by atoms with E-state index in [0.29, 0.717) is 24.4 Å². The molecule has 0 amide bonds. The minimum Gasteiger partial charge on any atom is -0.306 e. The van der Waals surface area contributed by atoms with Crippen LogP contribution in [0.25, 0.3) is 0 Å². The van der Waals surface area contributed by atoms with Crippen molar-refractivity contribution in [2.75, 3.05) is 20.1 Å². The normalized spacial score (nSPS) is 11.2. The molecule has 0 aliphatic rings. The molecular formula is C14H20FNO. The van der Waals surface area contributed by atoms with Crippen molar-refractivity contribution in [3.63, 3.8) is 0 Å². The van der Waals surface area contributed by atoms with Gasteiger partial charge in [-0.2, -0.15) is 0 Å². The first kappa shape index (κ1) is 13.8. The van der Waals surface area contributed by atoms with E-state index in [1.807, 2.05) is 7.05 Å². The van der Waals surface area contributed by atoms with Gasteiger partial charge in [0.15, 0.2) is 5.78 Å². The smallest absolute Gasteiger partial charge is 0.164 e. The molecule has 0 saturated heterocycles. The SMILES string of the molecule is CC(C)CN(C)CCC(=O)c1cccc(F)c1. The summed E-state index contributed by atoms with van der Waals surface area (Å²) in [5.74, 6) is 0.232. The van der Waals surface area contributed by atoms with Gasteiger partial charge in [-0.3, -0.25) is 4.79 Å². The van der Waals surface area contributed by atoms with Crippen LogP contribution in [0, 0.1) is 11.7 Å². The zero-order valence-corrected chi connectivity index (χ0v) is 10.7. The Hall–Kier alpha value is -1.22. The van der Waals surface area contributed by atoms with Gasteiger partial charge in [-0.05, 0) is 25.1 Å². The Morgan fingerprint density at radius 2 is 2.12 bits per heavy atom. The molecule has 1 rings (SSSR count). The average molecular weight is 237 g/mol. The molecule has 17 heavy (non-hydrogen) atoms. The molecule has 3 heteroatoms. The standard InChI is InChI=1S/C14H20FNO/c1-11(2)10-16(3)8-7-14(17)12-5-4-6-13(15)9-12/h4-6,9,11H,7-8,10H2,1-3H3. The Balaban J connectivity index is 2.45. The molecule has 94 valence electrons. The highest BCUT2D eigenvalue weighted by Gasteiger charge is 2.09. The van der Waals surface area contributed by atoms with Crippen molar-refractivity contribution in [3.8, 4) is 0 Å². The van der Waals surface area contributed by atoms with Gasteiger partial charge in [0.2, 0.25) is 0 Å². The van der Waals surface area contributed by atoms with Gasteiger partial charge in [-0.25, -0.2) is 4.39 Å². The maximum Gasteiger partial charge on any atom is 0.164 e. The van der Waals surface area contributed by atoms with E-state index in [2.05, 4.69) is 18.7 Å². The summed E-state index contributed by atoms with van der Waals surface area (Å²) in [5, 5.41) is 0. The van der Waals surface area contributed by atoms with Crippen molar-refractivity contribution < 1.29 is 9.18 Å². The van der Waals surface area contributed by atoms with Crippen LogP contribution in [-0.2, 0) is 0 Å². The van der Waals surface area contributed by atoms with Gasteiger partial charge in [-0.1, -0.05) is 26.0 Å². The van der Waals surface area contributed by atoms with E-state index in [1.54, 1.807) is 12.1 Å². The highest BCUT2D eigenvalue weighted by molar-refractivity contribution is 5.96. The number of carbonyl (C=O) groups is 1. The summed E-state index contributed by atoms with van der Waals surface area (Å²) in [4.78, 5) is 13.9. The summed E-state index contributed by atoms with van der Waals surface area (Å²) in [6.45, 7) is 5.97. The van der Waals surface area contributed by atoms with Crippen LogP contribution in [0.4, 0.5) is 4.39 Å². The van der Waals surface area contributed by atoms with Crippen LogP contribution in [0.3, 0.4) is 0 Å². The molecule has 1 aromatic rings. The molecule has 0 aliphatic carbocycles. The lowest BCUT2D eigenvalue weighted by Gasteiger charge is -2.18. The maximum absolute atomic E-state index is 12.9. The predicted octanol–water partition coefficient (Wildman–Crippen LogP) is 2.99. The highest BCUT2D eigenvalue weighted by Crippen LogP contribution is 2.07. The summed E-state index contributed by atoms with van der Waals surface area (Å²) in [6.07, 6.45) is 0.437. The number of rotatable bonds is 6. The summed E-state index contributed by atoms with van der Waals surface area (Å²) in [7, 11) is 2.00. The fourth-order valence-electron chi connectivity index (χ4n) is 1.81. The van der Waals surface area contributed by atoms with E-state index < -0.39 is 0 Å². The zero-order valence-electron chi connectivity index (χ0n) is 10.7. The Morgan fingerprint density at radius 1 is 1.41 bits per heavy atom. The molecule has 1 aromatic carbocycles. The van der Waals surface area contributed by atoms with E-state index in [0.717, 1.165) is 6.54 Å². The lowest BCUT2D eigenvalue weighted by molar-refractivity contribution is 0.0966. The van der Waals surface area contributed by atoms with Crippen molar-refractivity contribution in [1.29, 1.82) is 0 Å². The van der Waals surface area contributed by atoms with Gasteiger partial charge in [0, 0.05) is 25.1 Å². The van der Waals surface area contributed by atoms with Gasteiger partial charge in [0.1, 0.15) is 5.82 Å². The fourth-order valence-corrected chi connectivity index (χ4v) is 1.81. The molecule has 0 heterocycles. The van der Waals surface area contributed by atoms with Crippen molar-refractivity contribution in [1.82, 2.24) is 4.90 Å². The number of ketones is 1. The number of nitrogens with zero attached hydrogens (tertiary/aromatic N) is 1. The van der Waals surface area contributed by atoms with E-state index >= 15 is 0 Å². The monoisotopic (exact) mass is 237 g/mol. The van der Waals surface area contributed by atoms with Crippen LogP contribution >= 0.6 is 0 Å². The third kappa shape index (κ3) is 5.09. The third-order valence-corrected chi connectivity index (χ3v) is 2.54. The highest BCUT2D eigenvalue weighted by atomic mass is 19.1. The Morgan fingerprint density at radius 3 is 2.71 bits per heavy atom. The molecule has 0 fully saturated rings. The molecule has 0 atom stereocenters. The van der Waals surface area contributed by atoms with E-state index in [1.165, 1.54) is 12.1 Å². The van der Waals surface area contributed by atoms with Crippen LogP contribution in [0.5, 0.6) is 0 Å². The molecule has 0 unspecified atom stereocenters. The van der Waals surface area contributed by atoms with Crippen LogP contribution in [0.1, 0.15) is 30.6 Å². The van der Waals surface area contributed by atoms with Crippen LogP contribution in [0.15, 0.2) is 24.3 Å². The van der Waals surface area contributed by atoms with E-state index in [-0.39, 0.29) is 11.6 Å². The van der Waals surface area contributed by atoms with Gasteiger partial charge < -0.3 is 4.90 Å². The molecule has 0 aliphatic heterocycles. The third-order valence-electron chi connectivity index (χ3n) is 2.54. The molecule has 2 nitrogen and oxygen atoms in total. The summed E-state index contributed by atoms with van der Waals surface area (Å²) in [6, 6.07) is 5.88. The zero-order chi connectivity index (χ0) is 12.8. The molecule has 0 spiro atoms. The Kier molecular flexibility index (Phi) is 5.29. The number of benzene rings is 1. The van der Waals surface area contributed by atoms with E-state index in [9.17, 15) is 9.18 Å². The Labute approximate surface area is 102 Å². The molecular weight excluding hydrogens is 217 g/mol. The minimum absolute atomic E-state index is 0.0000983. The number of hydrogen-bond donors (Lipinski definition) is 0. The Bertz CT molecular complexity index is 376. The molecule has 0 aromatic heterocycles. The summed E-state index contributed by atoms with van der Waals surface area (Å²) in [5.41, 5.74) is 0.461. The second kappa shape index (κ2) is 6.50. The first-order valence-corrected chi connectivity index (χ1v) is 5.96. The average Bonchev–Trinajstić information content (AvgIpc) is 2.25. The lowest BCUT2D eigenvalue weighted by atomic mass is 10.1. The van der Waals surface area contributed by atoms with Crippen LogP contribution < -0.4 is 0 Å². The van der Waals surface area contributed by atoms with Gasteiger partial charge in [0.05, 0.1) is 0 Å². The number of carbonyl (C=O) groups excluding carboxylic acids is 1. The van der Waals surface area contributed by atoms with Crippen molar-refractivity contribution >= 4 is 5.78 Å². The number of hydrogen-bond acceptors (Lipinski definition) is 2. The topological polar surface area (TPSA) is 20.3 Å².